The standard InChI is InChI=1S/C19H22BrN3O3/c1-11-8-12(20)4-7-15(11)21-19(24)17-10-16(22-23-17)14-6-5-13(25-2)9-18(14)26-3/h4-9,16-17,22-23H,10H2,1-3H3,(H,21,24). The number of hydrogen-bond acceptors (Lipinski definition) is 5. The first-order valence-electron chi connectivity index (χ1n) is 8.32. The number of benzene rings is 2. The molecule has 2 aromatic carbocycles. The van der Waals surface area contributed by atoms with Crippen LogP contribution in [-0.4, -0.2) is 26.2 Å². The number of amides is 1. The first-order valence-corrected chi connectivity index (χ1v) is 9.11. The molecule has 1 heterocycles. The van der Waals surface area contributed by atoms with Crippen molar-refractivity contribution in [3.63, 3.8) is 0 Å². The molecule has 0 saturated carbocycles. The first kappa shape index (κ1) is 18.7. The molecule has 26 heavy (non-hydrogen) atoms. The van der Waals surface area contributed by atoms with Gasteiger partial charge >= 0.3 is 0 Å². The second kappa shape index (κ2) is 8.07. The van der Waals surface area contributed by atoms with Gasteiger partial charge in [0.15, 0.2) is 0 Å². The molecule has 0 radical (unpaired) electrons. The Bertz CT molecular complexity index is 813. The zero-order valence-electron chi connectivity index (χ0n) is 14.9. The normalized spacial score (nSPS) is 19.2. The Labute approximate surface area is 161 Å². The van der Waals surface area contributed by atoms with Crippen LogP contribution >= 0.6 is 15.9 Å². The molecule has 0 aromatic heterocycles. The number of hydrogen-bond donors (Lipinski definition) is 3. The van der Waals surface area contributed by atoms with Crippen molar-refractivity contribution in [2.45, 2.75) is 25.4 Å². The number of hydrazine groups is 1. The number of nitrogens with one attached hydrogen (secondary N) is 3. The monoisotopic (exact) mass is 419 g/mol. The predicted molar refractivity (Wildman–Crippen MR) is 104 cm³/mol. The van der Waals surface area contributed by atoms with Gasteiger partial charge in [-0.05, 0) is 43.2 Å². The minimum absolute atomic E-state index is 0.0300. The summed E-state index contributed by atoms with van der Waals surface area (Å²) in [6, 6.07) is 11.1. The highest BCUT2D eigenvalue weighted by Gasteiger charge is 2.32. The number of carbonyl (C=O) groups excluding carboxylic acids is 1. The molecule has 1 saturated heterocycles. The molecule has 2 unspecified atom stereocenters. The van der Waals surface area contributed by atoms with E-state index in [9.17, 15) is 4.79 Å². The van der Waals surface area contributed by atoms with Crippen LogP contribution in [0.2, 0.25) is 0 Å². The van der Waals surface area contributed by atoms with Crippen LogP contribution in [0, 0.1) is 6.92 Å². The second-order valence-corrected chi connectivity index (χ2v) is 7.10. The number of methoxy groups -OCH3 is 2. The van der Waals surface area contributed by atoms with Gasteiger partial charge in [0, 0.05) is 21.8 Å². The number of aryl methyl sites for hydroxylation is 1. The molecule has 1 aliphatic heterocycles. The van der Waals surface area contributed by atoms with Crippen molar-refractivity contribution in [1.29, 1.82) is 0 Å². The van der Waals surface area contributed by atoms with Crippen molar-refractivity contribution in [2.24, 2.45) is 0 Å². The summed E-state index contributed by atoms with van der Waals surface area (Å²) in [7, 11) is 3.25. The molecule has 1 fully saturated rings. The predicted octanol–water partition coefficient (Wildman–Crippen LogP) is 3.32. The van der Waals surface area contributed by atoms with Gasteiger partial charge in [0.1, 0.15) is 17.5 Å². The Kier molecular flexibility index (Phi) is 5.80. The molecule has 2 atom stereocenters. The maximum Gasteiger partial charge on any atom is 0.242 e. The highest BCUT2D eigenvalue weighted by molar-refractivity contribution is 9.10. The van der Waals surface area contributed by atoms with Crippen LogP contribution < -0.4 is 25.6 Å². The van der Waals surface area contributed by atoms with E-state index in [2.05, 4.69) is 32.1 Å². The summed E-state index contributed by atoms with van der Waals surface area (Å²) in [5, 5.41) is 2.98. The number of rotatable bonds is 5. The van der Waals surface area contributed by atoms with Crippen molar-refractivity contribution in [3.05, 3.63) is 52.0 Å². The SMILES string of the molecule is COc1ccc(C2CC(C(=O)Nc3ccc(Br)cc3C)NN2)c(OC)c1. The van der Waals surface area contributed by atoms with Crippen LogP contribution in [0.1, 0.15) is 23.6 Å². The molecule has 0 bridgehead atoms. The molecule has 0 spiro atoms. The van der Waals surface area contributed by atoms with Crippen molar-refractivity contribution < 1.29 is 14.3 Å². The number of halogens is 1. The molecule has 2 aromatic rings. The van der Waals surface area contributed by atoms with Gasteiger partial charge in [-0.15, -0.1) is 0 Å². The third-order valence-corrected chi connectivity index (χ3v) is 4.98. The minimum Gasteiger partial charge on any atom is -0.497 e. The fraction of sp³-hybridized carbons (Fsp3) is 0.316. The zero-order valence-corrected chi connectivity index (χ0v) is 16.5. The highest BCUT2D eigenvalue weighted by atomic mass is 79.9. The number of carbonyl (C=O) groups is 1. The van der Waals surface area contributed by atoms with Crippen LogP contribution in [0.15, 0.2) is 40.9 Å². The molecule has 138 valence electrons. The fourth-order valence-corrected chi connectivity index (χ4v) is 3.50. The fourth-order valence-electron chi connectivity index (χ4n) is 3.03. The maximum absolute atomic E-state index is 12.6. The molecule has 1 aliphatic rings. The summed E-state index contributed by atoms with van der Waals surface area (Å²) < 4.78 is 11.7. The van der Waals surface area contributed by atoms with Gasteiger partial charge in [0.2, 0.25) is 5.91 Å². The van der Waals surface area contributed by atoms with Crippen LogP contribution in [-0.2, 0) is 4.79 Å². The molecule has 3 N–H and O–H groups in total. The highest BCUT2D eigenvalue weighted by Crippen LogP contribution is 2.33. The first-order chi connectivity index (χ1) is 12.5. The van der Waals surface area contributed by atoms with Gasteiger partial charge in [-0.25, -0.2) is 10.9 Å². The molecule has 0 aliphatic carbocycles. The number of anilines is 1. The van der Waals surface area contributed by atoms with Gasteiger partial charge in [0.25, 0.3) is 0 Å². The van der Waals surface area contributed by atoms with Crippen molar-refractivity contribution >= 4 is 27.5 Å². The maximum atomic E-state index is 12.6. The van der Waals surface area contributed by atoms with Gasteiger partial charge in [0.05, 0.1) is 20.3 Å². The Hall–Kier alpha value is -2.09. The lowest BCUT2D eigenvalue weighted by atomic mass is 10.0. The van der Waals surface area contributed by atoms with Gasteiger partial charge in [-0.3, -0.25) is 4.79 Å². The minimum atomic E-state index is -0.338. The average molecular weight is 420 g/mol. The second-order valence-electron chi connectivity index (χ2n) is 6.19. The summed E-state index contributed by atoms with van der Waals surface area (Å²) >= 11 is 3.43. The van der Waals surface area contributed by atoms with E-state index in [1.807, 2.05) is 43.3 Å². The Morgan fingerprint density at radius 3 is 2.65 bits per heavy atom. The van der Waals surface area contributed by atoms with Gasteiger partial charge in [-0.2, -0.15) is 0 Å². The average Bonchev–Trinajstić information content (AvgIpc) is 3.13. The van der Waals surface area contributed by atoms with E-state index >= 15 is 0 Å². The quantitative estimate of drug-likeness (QED) is 0.693. The lowest BCUT2D eigenvalue weighted by molar-refractivity contribution is -0.117. The lowest BCUT2D eigenvalue weighted by Crippen LogP contribution is -2.39. The lowest BCUT2D eigenvalue weighted by Gasteiger charge is -2.15. The van der Waals surface area contributed by atoms with E-state index in [0.29, 0.717) is 6.42 Å². The summed E-state index contributed by atoms with van der Waals surface area (Å²) in [5.74, 6) is 1.39. The van der Waals surface area contributed by atoms with E-state index in [4.69, 9.17) is 9.47 Å². The molecule has 6 nitrogen and oxygen atoms in total. The van der Waals surface area contributed by atoms with Crippen molar-refractivity contribution in [2.75, 3.05) is 19.5 Å². The van der Waals surface area contributed by atoms with Crippen LogP contribution in [0.25, 0.3) is 0 Å². The van der Waals surface area contributed by atoms with Crippen LogP contribution in [0.3, 0.4) is 0 Å². The smallest absolute Gasteiger partial charge is 0.242 e. The Balaban J connectivity index is 1.69. The Morgan fingerprint density at radius 1 is 1.15 bits per heavy atom. The molecular weight excluding hydrogens is 398 g/mol. The van der Waals surface area contributed by atoms with Gasteiger partial charge in [-0.1, -0.05) is 22.0 Å². The van der Waals surface area contributed by atoms with E-state index in [-0.39, 0.29) is 18.0 Å². The number of ether oxygens (including phenoxy) is 2. The van der Waals surface area contributed by atoms with E-state index in [1.54, 1.807) is 14.2 Å². The van der Waals surface area contributed by atoms with Gasteiger partial charge < -0.3 is 14.8 Å². The summed E-state index contributed by atoms with van der Waals surface area (Å²) in [6.07, 6.45) is 0.615. The van der Waals surface area contributed by atoms with E-state index < -0.39 is 0 Å². The summed E-state index contributed by atoms with van der Waals surface area (Å²) in [5.41, 5.74) is 9.06. The van der Waals surface area contributed by atoms with Crippen molar-refractivity contribution in [1.82, 2.24) is 10.9 Å². The third kappa shape index (κ3) is 4.00. The largest absolute Gasteiger partial charge is 0.497 e. The summed E-state index contributed by atoms with van der Waals surface area (Å²) in [6.45, 7) is 1.96. The van der Waals surface area contributed by atoms with Crippen LogP contribution in [0.5, 0.6) is 11.5 Å². The molecule has 3 rings (SSSR count). The topological polar surface area (TPSA) is 71.6 Å². The molecule has 1 amide bonds. The van der Waals surface area contributed by atoms with E-state index in [0.717, 1.165) is 32.8 Å². The van der Waals surface area contributed by atoms with E-state index in [1.165, 1.54) is 0 Å². The zero-order chi connectivity index (χ0) is 18.7. The Morgan fingerprint density at radius 2 is 1.96 bits per heavy atom. The summed E-state index contributed by atoms with van der Waals surface area (Å²) in [4.78, 5) is 12.6. The third-order valence-electron chi connectivity index (χ3n) is 4.48. The molecular formula is C19H22BrN3O3. The van der Waals surface area contributed by atoms with Crippen LogP contribution in [0.4, 0.5) is 5.69 Å². The molecule has 7 heteroatoms. The van der Waals surface area contributed by atoms with Crippen molar-refractivity contribution in [3.8, 4) is 11.5 Å².